The van der Waals surface area contributed by atoms with E-state index in [2.05, 4.69) is 22.4 Å². The summed E-state index contributed by atoms with van der Waals surface area (Å²) < 4.78 is 0. The Labute approximate surface area is 124 Å². The number of hydrogen-bond donors (Lipinski definition) is 3. The molecule has 0 bridgehead atoms. The monoisotopic (exact) mass is 286 g/mol. The molecule has 0 saturated heterocycles. The summed E-state index contributed by atoms with van der Waals surface area (Å²) in [5.41, 5.74) is 8.13. The number of nitrogens with one attached hydrogen (secondary N) is 2. The van der Waals surface area contributed by atoms with Crippen LogP contribution in [0, 0.1) is 0 Å². The molecule has 0 radical (unpaired) electrons. The Morgan fingerprint density at radius 1 is 1.33 bits per heavy atom. The molecule has 0 aliphatic rings. The van der Waals surface area contributed by atoms with Crippen LogP contribution in [0.15, 0.2) is 36.4 Å². The Morgan fingerprint density at radius 3 is 2.81 bits per heavy atom. The van der Waals surface area contributed by atoms with Gasteiger partial charge in [0.2, 0.25) is 5.91 Å². The van der Waals surface area contributed by atoms with Gasteiger partial charge < -0.3 is 11.1 Å². The van der Waals surface area contributed by atoms with Crippen LogP contribution in [-0.2, 0) is 17.6 Å². The van der Waals surface area contributed by atoms with Crippen LogP contribution in [0.4, 0.5) is 5.82 Å². The van der Waals surface area contributed by atoms with Crippen LogP contribution < -0.4 is 11.1 Å². The second-order valence-corrected chi connectivity index (χ2v) is 5.15. The molecule has 5 heteroatoms. The van der Waals surface area contributed by atoms with Crippen LogP contribution in [0.1, 0.15) is 31.0 Å². The first-order valence-electron chi connectivity index (χ1n) is 7.33. The third-order valence-corrected chi connectivity index (χ3v) is 3.33. The van der Waals surface area contributed by atoms with Crippen molar-refractivity contribution in [3.63, 3.8) is 0 Å². The Morgan fingerprint density at radius 2 is 2.10 bits per heavy atom. The van der Waals surface area contributed by atoms with E-state index >= 15 is 0 Å². The molecule has 5 nitrogen and oxygen atoms in total. The van der Waals surface area contributed by atoms with E-state index in [9.17, 15) is 4.79 Å². The molecule has 1 amide bonds. The van der Waals surface area contributed by atoms with Crippen molar-refractivity contribution in [1.82, 2.24) is 10.2 Å². The lowest BCUT2D eigenvalue weighted by Gasteiger charge is -2.10. The number of aromatic amines is 1. The molecule has 2 rings (SSSR count). The quantitative estimate of drug-likeness (QED) is 0.730. The molecule has 1 heterocycles. The Balaban J connectivity index is 1.81. The zero-order chi connectivity index (χ0) is 15.1. The van der Waals surface area contributed by atoms with Crippen LogP contribution in [0.25, 0.3) is 0 Å². The molecule has 4 N–H and O–H groups in total. The van der Waals surface area contributed by atoms with Crippen molar-refractivity contribution in [3.05, 3.63) is 47.7 Å². The van der Waals surface area contributed by atoms with Crippen molar-refractivity contribution >= 4 is 11.7 Å². The maximum absolute atomic E-state index is 12.0. The molecule has 1 atom stereocenters. The number of hydrogen-bond acceptors (Lipinski definition) is 3. The van der Waals surface area contributed by atoms with Gasteiger partial charge in [0.15, 0.2) is 5.82 Å². The van der Waals surface area contributed by atoms with Gasteiger partial charge in [-0.3, -0.25) is 9.89 Å². The summed E-state index contributed by atoms with van der Waals surface area (Å²) in [5, 5.41) is 9.72. The number of nitrogens with two attached hydrogens (primary N) is 1. The van der Waals surface area contributed by atoms with E-state index in [1.165, 1.54) is 5.56 Å². The largest absolute Gasteiger partial charge is 0.320 e. The number of anilines is 1. The molecule has 0 saturated carbocycles. The van der Waals surface area contributed by atoms with Crippen LogP contribution in [-0.4, -0.2) is 22.1 Å². The normalized spacial score (nSPS) is 12.1. The number of aryl methyl sites for hydroxylation is 2. The molecular formula is C16H22N4O. The highest BCUT2D eigenvalue weighted by Crippen LogP contribution is 2.09. The maximum atomic E-state index is 12.0. The standard InChI is InChI=1S/C16H22N4O/c1-2-6-13-11-15(20-19-13)18-16(21)14(17)10-9-12-7-4-3-5-8-12/h3-5,7-8,11,14H,2,6,9-10,17H2,1H3,(H2,18,19,20,21). The molecule has 0 aliphatic carbocycles. The average molecular weight is 286 g/mol. The number of H-pyrrole nitrogens is 1. The van der Waals surface area contributed by atoms with Gasteiger partial charge in [0.25, 0.3) is 0 Å². The number of nitrogens with zero attached hydrogens (tertiary/aromatic N) is 1. The lowest BCUT2D eigenvalue weighted by molar-refractivity contribution is -0.117. The highest BCUT2D eigenvalue weighted by molar-refractivity contribution is 5.93. The molecule has 1 aromatic carbocycles. The predicted octanol–water partition coefficient (Wildman–Crippen LogP) is 2.26. The van der Waals surface area contributed by atoms with Crippen molar-refractivity contribution in [3.8, 4) is 0 Å². The number of carbonyl (C=O) groups is 1. The third-order valence-electron chi connectivity index (χ3n) is 3.33. The summed E-state index contributed by atoms with van der Waals surface area (Å²) in [4.78, 5) is 12.0. The van der Waals surface area contributed by atoms with E-state index in [0.717, 1.165) is 25.0 Å². The van der Waals surface area contributed by atoms with Crippen molar-refractivity contribution in [2.24, 2.45) is 5.73 Å². The molecule has 21 heavy (non-hydrogen) atoms. The first-order chi connectivity index (χ1) is 10.2. The summed E-state index contributed by atoms with van der Waals surface area (Å²) in [6, 6.07) is 11.3. The highest BCUT2D eigenvalue weighted by Gasteiger charge is 2.14. The van der Waals surface area contributed by atoms with Gasteiger partial charge in [-0.1, -0.05) is 43.7 Å². The first kappa shape index (κ1) is 15.3. The van der Waals surface area contributed by atoms with Gasteiger partial charge in [-0.05, 0) is 24.8 Å². The van der Waals surface area contributed by atoms with Gasteiger partial charge >= 0.3 is 0 Å². The number of amides is 1. The van der Waals surface area contributed by atoms with Crippen molar-refractivity contribution < 1.29 is 4.79 Å². The van der Waals surface area contributed by atoms with Crippen molar-refractivity contribution in [1.29, 1.82) is 0 Å². The molecule has 1 unspecified atom stereocenters. The van der Waals surface area contributed by atoms with Crippen LogP contribution in [0.5, 0.6) is 0 Å². The van der Waals surface area contributed by atoms with E-state index in [4.69, 9.17) is 5.73 Å². The van der Waals surface area contributed by atoms with E-state index < -0.39 is 6.04 Å². The number of carbonyl (C=O) groups excluding carboxylic acids is 1. The van der Waals surface area contributed by atoms with Gasteiger partial charge in [0.1, 0.15) is 0 Å². The Kier molecular flexibility index (Phi) is 5.51. The molecule has 112 valence electrons. The Hall–Kier alpha value is -2.14. The van der Waals surface area contributed by atoms with Crippen LogP contribution in [0.3, 0.4) is 0 Å². The fourth-order valence-electron chi connectivity index (χ4n) is 2.14. The first-order valence-corrected chi connectivity index (χ1v) is 7.33. The Bertz CT molecular complexity index is 565. The van der Waals surface area contributed by atoms with E-state index in [0.29, 0.717) is 12.2 Å². The fourth-order valence-corrected chi connectivity index (χ4v) is 2.14. The zero-order valence-corrected chi connectivity index (χ0v) is 12.3. The van der Waals surface area contributed by atoms with E-state index in [1.54, 1.807) is 0 Å². The summed E-state index contributed by atoms with van der Waals surface area (Å²) in [6.45, 7) is 2.10. The second kappa shape index (κ2) is 7.59. The summed E-state index contributed by atoms with van der Waals surface area (Å²) in [7, 11) is 0. The fraction of sp³-hybridized carbons (Fsp3) is 0.375. The van der Waals surface area contributed by atoms with Gasteiger partial charge in [0, 0.05) is 11.8 Å². The minimum absolute atomic E-state index is 0.194. The highest BCUT2D eigenvalue weighted by atomic mass is 16.2. The molecular weight excluding hydrogens is 264 g/mol. The second-order valence-electron chi connectivity index (χ2n) is 5.15. The SMILES string of the molecule is CCCc1cc(NC(=O)C(N)CCc2ccccc2)n[nH]1. The molecule has 0 fully saturated rings. The minimum atomic E-state index is -0.531. The molecule has 0 aliphatic heterocycles. The summed E-state index contributed by atoms with van der Waals surface area (Å²) in [5.74, 6) is 0.346. The lowest BCUT2D eigenvalue weighted by Crippen LogP contribution is -2.36. The molecule has 2 aromatic rings. The minimum Gasteiger partial charge on any atom is -0.320 e. The van der Waals surface area contributed by atoms with Gasteiger partial charge in [0.05, 0.1) is 6.04 Å². The van der Waals surface area contributed by atoms with Gasteiger partial charge in [-0.25, -0.2) is 0 Å². The van der Waals surface area contributed by atoms with E-state index in [-0.39, 0.29) is 5.91 Å². The third kappa shape index (κ3) is 4.72. The summed E-state index contributed by atoms with van der Waals surface area (Å²) >= 11 is 0. The maximum Gasteiger partial charge on any atom is 0.242 e. The molecule has 0 spiro atoms. The topological polar surface area (TPSA) is 83.8 Å². The number of benzene rings is 1. The zero-order valence-electron chi connectivity index (χ0n) is 12.3. The van der Waals surface area contributed by atoms with Crippen molar-refractivity contribution in [2.75, 3.05) is 5.32 Å². The van der Waals surface area contributed by atoms with E-state index in [1.807, 2.05) is 36.4 Å². The van der Waals surface area contributed by atoms with Crippen LogP contribution >= 0.6 is 0 Å². The molecule has 1 aromatic heterocycles. The smallest absolute Gasteiger partial charge is 0.242 e. The average Bonchev–Trinajstić information content (AvgIpc) is 2.93. The van der Waals surface area contributed by atoms with Gasteiger partial charge in [-0.15, -0.1) is 0 Å². The van der Waals surface area contributed by atoms with Gasteiger partial charge in [-0.2, -0.15) is 5.10 Å². The van der Waals surface area contributed by atoms with Crippen LogP contribution in [0.2, 0.25) is 0 Å². The lowest BCUT2D eigenvalue weighted by atomic mass is 10.1. The summed E-state index contributed by atoms with van der Waals surface area (Å²) in [6.07, 6.45) is 3.36. The predicted molar refractivity (Wildman–Crippen MR) is 84.0 cm³/mol. The van der Waals surface area contributed by atoms with Crippen molar-refractivity contribution in [2.45, 2.75) is 38.6 Å². The number of aromatic nitrogens is 2. The number of rotatable bonds is 7.